The number of nitrogens with zero attached hydrogens (tertiary/aromatic N) is 2. The summed E-state index contributed by atoms with van der Waals surface area (Å²) in [4.78, 5) is 25.9. The Kier molecular flexibility index (Phi) is 5.64. The number of carbonyl (C=O) groups excluding carboxylic acids is 2. The summed E-state index contributed by atoms with van der Waals surface area (Å²) in [7, 11) is -0.714. The second kappa shape index (κ2) is 7.69. The number of ether oxygens (including phenoxy) is 1. The molecule has 0 unspecified atom stereocenters. The summed E-state index contributed by atoms with van der Waals surface area (Å²) in [5.41, 5.74) is 1.26. The van der Waals surface area contributed by atoms with Crippen molar-refractivity contribution in [1.82, 2.24) is 8.87 Å². The maximum atomic E-state index is 12.8. The van der Waals surface area contributed by atoms with Crippen molar-refractivity contribution < 1.29 is 22.7 Å². The molecule has 0 spiro atoms. The van der Waals surface area contributed by atoms with Gasteiger partial charge in [0.15, 0.2) is 0 Å². The molecule has 0 atom stereocenters. The Labute approximate surface area is 168 Å². The largest absolute Gasteiger partial charge is 0.465 e. The van der Waals surface area contributed by atoms with E-state index in [4.69, 9.17) is 4.74 Å². The average molecular weight is 426 g/mol. The molecule has 1 aliphatic heterocycles. The number of sulfonamides is 1. The molecule has 2 aromatic heterocycles. The third kappa shape index (κ3) is 3.59. The zero-order valence-electron chi connectivity index (χ0n) is 16.2. The van der Waals surface area contributed by atoms with Crippen LogP contribution in [0.1, 0.15) is 44.1 Å². The minimum absolute atomic E-state index is 0.0915. The fraction of sp³-hybridized carbons (Fsp3) is 0.444. The predicted octanol–water partition coefficient (Wildman–Crippen LogP) is 2.53. The molecule has 0 radical (unpaired) electrons. The quantitative estimate of drug-likeness (QED) is 0.743. The summed E-state index contributed by atoms with van der Waals surface area (Å²) in [6, 6.07) is 1.37. The maximum Gasteiger partial charge on any atom is 0.341 e. The Morgan fingerprint density at radius 1 is 1.21 bits per heavy atom. The Hall–Kier alpha value is -2.17. The number of nitrogens with one attached hydrogen (secondary N) is 1. The van der Waals surface area contributed by atoms with Crippen molar-refractivity contribution in [2.24, 2.45) is 7.05 Å². The molecular weight excluding hydrogens is 402 g/mol. The molecule has 3 heterocycles. The molecule has 1 aliphatic rings. The van der Waals surface area contributed by atoms with Gasteiger partial charge in [-0.1, -0.05) is 0 Å². The Morgan fingerprint density at radius 3 is 2.46 bits per heavy atom. The van der Waals surface area contributed by atoms with Gasteiger partial charge in [-0.15, -0.1) is 11.3 Å². The van der Waals surface area contributed by atoms with Crippen molar-refractivity contribution in [3.63, 3.8) is 0 Å². The molecule has 0 bridgehead atoms. The lowest BCUT2D eigenvalue weighted by Crippen LogP contribution is -2.27. The second-order valence-corrected chi connectivity index (χ2v) is 9.88. The van der Waals surface area contributed by atoms with E-state index < -0.39 is 21.9 Å². The van der Waals surface area contributed by atoms with E-state index in [2.05, 4.69) is 5.32 Å². The first-order valence-corrected chi connectivity index (χ1v) is 11.1. The maximum absolute atomic E-state index is 12.8. The van der Waals surface area contributed by atoms with Crippen LogP contribution in [0.3, 0.4) is 0 Å². The van der Waals surface area contributed by atoms with Crippen LogP contribution in [0.2, 0.25) is 0 Å². The van der Waals surface area contributed by atoms with Crippen molar-refractivity contribution in [2.45, 2.75) is 31.6 Å². The number of methoxy groups -OCH3 is 1. The van der Waals surface area contributed by atoms with Crippen LogP contribution in [-0.2, 0) is 21.8 Å². The summed E-state index contributed by atoms with van der Waals surface area (Å²) < 4.78 is 33.2. The first-order valence-electron chi connectivity index (χ1n) is 8.83. The molecule has 2 aromatic rings. The van der Waals surface area contributed by atoms with E-state index in [9.17, 15) is 18.0 Å². The van der Waals surface area contributed by atoms with Crippen molar-refractivity contribution in [3.8, 4) is 0 Å². The minimum atomic E-state index is -3.61. The van der Waals surface area contributed by atoms with Crippen LogP contribution in [0.4, 0.5) is 5.00 Å². The number of aryl methyl sites for hydroxylation is 2. The summed E-state index contributed by atoms with van der Waals surface area (Å²) in [6.45, 7) is 4.63. The summed E-state index contributed by atoms with van der Waals surface area (Å²) in [5, 5.41) is 3.11. The van der Waals surface area contributed by atoms with E-state index in [0.29, 0.717) is 23.7 Å². The molecule has 0 aliphatic carbocycles. The van der Waals surface area contributed by atoms with Crippen LogP contribution in [-0.4, -0.2) is 49.4 Å². The predicted molar refractivity (Wildman–Crippen MR) is 106 cm³/mol. The van der Waals surface area contributed by atoms with Crippen LogP contribution in [0.25, 0.3) is 0 Å². The molecule has 1 saturated heterocycles. The first kappa shape index (κ1) is 20.6. The summed E-state index contributed by atoms with van der Waals surface area (Å²) in [5.74, 6) is -1.02. The van der Waals surface area contributed by atoms with Gasteiger partial charge in [0.05, 0.1) is 12.7 Å². The fourth-order valence-corrected chi connectivity index (χ4v) is 5.84. The molecule has 0 aromatic carbocycles. The lowest BCUT2D eigenvalue weighted by atomic mass is 10.1. The third-order valence-corrected chi connectivity index (χ3v) is 7.90. The third-order valence-electron chi connectivity index (χ3n) is 4.92. The van der Waals surface area contributed by atoms with Crippen LogP contribution in [0.15, 0.2) is 17.2 Å². The number of hydrogen-bond donors (Lipinski definition) is 1. The van der Waals surface area contributed by atoms with Gasteiger partial charge >= 0.3 is 5.97 Å². The number of carbonyl (C=O) groups is 2. The topological polar surface area (TPSA) is 97.7 Å². The number of anilines is 1. The van der Waals surface area contributed by atoms with Gasteiger partial charge in [-0.25, -0.2) is 13.2 Å². The molecule has 28 heavy (non-hydrogen) atoms. The smallest absolute Gasteiger partial charge is 0.341 e. The van der Waals surface area contributed by atoms with Crippen LogP contribution >= 0.6 is 11.3 Å². The van der Waals surface area contributed by atoms with E-state index in [-0.39, 0.29) is 10.6 Å². The average Bonchev–Trinajstić information content (AvgIpc) is 3.36. The van der Waals surface area contributed by atoms with Gasteiger partial charge in [0.2, 0.25) is 10.0 Å². The van der Waals surface area contributed by atoms with E-state index in [0.717, 1.165) is 23.3 Å². The van der Waals surface area contributed by atoms with Crippen LogP contribution < -0.4 is 5.32 Å². The molecule has 8 nitrogen and oxygen atoms in total. The van der Waals surface area contributed by atoms with Gasteiger partial charge in [-0.2, -0.15) is 4.31 Å². The highest BCUT2D eigenvalue weighted by Crippen LogP contribution is 2.33. The number of amides is 1. The van der Waals surface area contributed by atoms with E-state index >= 15 is 0 Å². The minimum Gasteiger partial charge on any atom is -0.465 e. The van der Waals surface area contributed by atoms with Crippen LogP contribution in [0, 0.1) is 13.8 Å². The highest BCUT2D eigenvalue weighted by Gasteiger charge is 2.30. The standard InChI is InChI=1S/C18H23N3O5S2/c1-11-12(2)27-17(15(11)18(23)26-4)19-16(22)14-9-13(10-20(14)3)28(24,25)21-7-5-6-8-21/h9-10H,5-8H2,1-4H3,(H,19,22). The number of aromatic nitrogens is 1. The molecule has 1 fully saturated rings. The Morgan fingerprint density at radius 2 is 1.86 bits per heavy atom. The van der Waals surface area contributed by atoms with Crippen molar-refractivity contribution in [2.75, 3.05) is 25.5 Å². The molecule has 152 valence electrons. The molecule has 10 heteroatoms. The first-order chi connectivity index (χ1) is 13.2. The summed E-state index contributed by atoms with van der Waals surface area (Å²) >= 11 is 1.28. The molecular formula is C18H23N3O5S2. The molecule has 1 N–H and O–H groups in total. The van der Waals surface area contributed by atoms with E-state index in [1.807, 2.05) is 6.92 Å². The lowest BCUT2D eigenvalue weighted by molar-refractivity contribution is 0.0601. The number of esters is 1. The van der Waals surface area contributed by atoms with Gasteiger partial charge in [-0.3, -0.25) is 4.79 Å². The van der Waals surface area contributed by atoms with Crippen molar-refractivity contribution >= 4 is 38.2 Å². The highest BCUT2D eigenvalue weighted by atomic mass is 32.2. The fourth-order valence-electron chi connectivity index (χ4n) is 3.21. The van der Waals surface area contributed by atoms with Gasteiger partial charge in [-0.05, 0) is 38.3 Å². The normalized spacial score (nSPS) is 15.0. The van der Waals surface area contributed by atoms with Crippen molar-refractivity contribution in [3.05, 3.63) is 34.0 Å². The number of hydrogen-bond acceptors (Lipinski definition) is 6. The molecule has 1 amide bonds. The van der Waals surface area contributed by atoms with E-state index in [1.165, 1.54) is 39.6 Å². The van der Waals surface area contributed by atoms with Crippen molar-refractivity contribution in [1.29, 1.82) is 0 Å². The summed E-state index contributed by atoms with van der Waals surface area (Å²) in [6.07, 6.45) is 3.12. The Balaban J connectivity index is 1.90. The van der Waals surface area contributed by atoms with Gasteiger partial charge in [0.25, 0.3) is 5.91 Å². The molecule has 0 saturated carbocycles. The molecule has 3 rings (SSSR count). The van der Waals surface area contributed by atoms with Gasteiger partial charge in [0.1, 0.15) is 15.6 Å². The lowest BCUT2D eigenvalue weighted by Gasteiger charge is -2.13. The number of thiophene rings is 1. The zero-order chi connectivity index (χ0) is 20.6. The van der Waals surface area contributed by atoms with Gasteiger partial charge < -0.3 is 14.6 Å². The van der Waals surface area contributed by atoms with Gasteiger partial charge in [0, 0.05) is 31.2 Å². The monoisotopic (exact) mass is 425 g/mol. The highest BCUT2D eigenvalue weighted by molar-refractivity contribution is 7.89. The van der Waals surface area contributed by atoms with E-state index in [1.54, 1.807) is 14.0 Å². The second-order valence-electron chi connectivity index (χ2n) is 6.72. The zero-order valence-corrected chi connectivity index (χ0v) is 17.9. The van der Waals surface area contributed by atoms with Crippen LogP contribution in [0.5, 0.6) is 0 Å². The SMILES string of the molecule is COC(=O)c1c(NC(=O)c2cc(S(=O)(=O)N3CCCC3)cn2C)sc(C)c1C. The number of rotatable bonds is 5. The Bertz CT molecular complexity index is 1030.